The van der Waals surface area contributed by atoms with Crippen molar-refractivity contribution in [3.63, 3.8) is 0 Å². The Morgan fingerprint density at radius 2 is 1.67 bits per heavy atom. The van der Waals surface area contributed by atoms with Crippen molar-refractivity contribution in [3.8, 4) is 11.1 Å². The largest absolute Gasteiger partial charge is 0.465 e. The fourth-order valence-electron chi connectivity index (χ4n) is 4.16. The SMILES string of the molecule is COC(=O)c1cc(C=CCNC(=O)OCC2c3ccccc3-c3ccccc32)cc(N)c1C. The van der Waals surface area contributed by atoms with E-state index in [9.17, 15) is 9.59 Å². The third kappa shape index (κ3) is 4.60. The van der Waals surface area contributed by atoms with E-state index in [1.54, 1.807) is 31.2 Å². The molecule has 0 bridgehead atoms. The number of benzene rings is 3. The summed E-state index contributed by atoms with van der Waals surface area (Å²) in [6.07, 6.45) is 3.07. The molecule has 0 saturated heterocycles. The maximum atomic E-state index is 12.3. The van der Waals surface area contributed by atoms with Gasteiger partial charge in [0.15, 0.2) is 0 Å². The van der Waals surface area contributed by atoms with Crippen LogP contribution in [0.1, 0.15) is 38.5 Å². The number of anilines is 1. The van der Waals surface area contributed by atoms with E-state index in [0.717, 1.165) is 5.56 Å². The Bertz CT molecular complexity index is 1190. The molecule has 6 heteroatoms. The molecule has 3 N–H and O–H groups in total. The summed E-state index contributed by atoms with van der Waals surface area (Å²) in [4.78, 5) is 24.2. The van der Waals surface area contributed by atoms with Crippen LogP contribution in [0, 0.1) is 6.92 Å². The maximum absolute atomic E-state index is 12.3. The molecule has 1 amide bonds. The van der Waals surface area contributed by atoms with Crippen molar-refractivity contribution in [2.75, 3.05) is 26.0 Å². The first-order chi connectivity index (χ1) is 16.0. The van der Waals surface area contributed by atoms with E-state index in [1.807, 2.05) is 24.3 Å². The average Bonchev–Trinajstić information content (AvgIpc) is 3.15. The van der Waals surface area contributed by atoms with E-state index < -0.39 is 12.1 Å². The summed E-state index contributed by atoms with van der Waals surface area (Å²) in [5.74, 6) is -0.419. The van der Waals surface area contributed by atoms with E-state index in [1.165, 1.54) is 29.4 Å². The van der Waals surface area contributed by atoms with Gasteiger partial charge in [-0.25, -0.2) is 9.59 Å². The molecular weight excluding hydrogens is 416 g/mol. The summed E-state index contributed by atoms with van der Waals surface area (Å²) in [6.45, 7) is 2.31. The van der Waals surface area contributed by atoms with Crippen LogP contribution in [0.5, 0.6) is 0 Å². The molecule has 6 nitrogen and oxygen atoms in total. The van der Waals surface area contributed by atoms with E-state index in [2.05, 4.69) is 29.6 Å². The number of hydrogen-bond acceptors (Lipinski definition) is 5. The molecule has 3 aromatic carbocycles. The molecule has 0 unspecified atom stereocenters. The second-order valence-corrected chi connectivity index (χ2v) is 7.88. The molecule has 0 spiro atoms. The molecule has 33 heavy (non-hydrogen) atoms. The molecular formula is C27H26N2O4. The van der Waals surface area contributed by atoms with Crippen molar-refractivity contribution < 1.29 is 19.1 Å². The Labute approximate surface area is 193 Å². The van der Waals surface area contributed by atoms with Crippen LogP contribution in [-0.4, -0.2) is 32.3 Å². The minimum absolute atomic E-state index is 0.0194. The first-order valence-electron chi connectivity index (χ1n) is 10.7. The molecule has 0 radical (unpaired) electrons. The minimum Gasteiger partial charge on any atom is -0.465 e. The Morgan fingerprint density at radius 3 is 2.30 bits per heavy atom. The second kappa shape index (κ2) is 9.61. The van der Waals surface area contributed by atoms with Crippen molar-refractivity contribution in [3.05, 3.63) is 94.6 Å². The highest BCUT2D eigenvalue weighted by Crippen LogP contribution is 2.44. The van der Waals surface area contributed by atoms with Crippen LogP contribution in [0.4, 0.5) is 10.5 Å². The zero-order valence-electron chi connectivity index (χ0n) is 18.6. The van der Waals surface area contributed by atoms with E-state index in [-0.39, 0.29) is 19.1 Å². The predicted molar refractivity (Wildman–Crippen MR) is 129 cm³/mol. The zero-order valence-corrected chi connectivity index (χ0v) is 18.6. The number of nitrogens with one attached hydrogen (secondary N) is 1. The molecule has 1 aliphatic rings. The van der Waals surface area contributed by atoms with Gasteiger partial charge in [-0.15, -0.1) is 0 Å². The van der Waals surface area contributed by atoms with Crippen LogP contribution in [0.2, 0.25) is 0 Å². The van der Waals surface area contributed by atoms with Gasteiger partial charge < -0.3 is 20.5 Å². The lowest BCUT2D eigenvalue weighted by Crippen LogP contribution is -2.26. The van der Waals surface area contributed by atoms with Gasteiger partial charge in [0.05, 0.1) is 12.7 Å². The zero-order chi connectivity index (χ0) is 23.4. The van der Waals surface area contributed by atoms with Crippen molar-refractivity contribution in [2.24, 2.45) is 0 Å². The highest BCUT2D eigenvalue weighted by atomic mass is 16.5. The van der Waals surface area contributed by atoms with Crippen molar-refractivity contribution >= 4 is 23.8 Å². The lowest BCUT2D eigenvalue weighted by molar-refractivity contribution is 0.0600. The third-order valence-corrected chi connectivity index (χ3v) is 5.89. The van der Waals surface area contributed by atoms with Crippen LogP contribution >= 0.6 is 0 Å². The number of ether oxygens (including phenoxy) is 2. The number of amides is 1. The van der Waals surface area contributed by atoms with Crippen molar-refractivity contribution in [1.82, 2.24) is 5.32 Å². The van der Waals surface area contributed by atoms with Gasteiger partial charge in [0.1, 0.15) is 6.61 Å². The molecule has 0 atom stereocenters. The molecule has 0 fully saturated rings. The lowest BCUT2D eigenvalue weighted by Gasteiger charge is -2.14. The highest BCUT2D eigenvalue weighted by molar-refractivity contribution is 5.93. The van der Waals surface area contributed by atoms with Gasteiger partial charge in [-0.2, -0.15) is 0 Å². The number of rotatable bonds is 6. The number of nitrogens with two attached hydrogens (primary N) is 1. The molecule has 3 aromatic rings. The smallest absolute Gasteiger partial charge is 0.407 e. The third-order valence-electron chi connectivity index (χ3n) is 5.89. The number of nitrogen functional groups attached to an aromatic ring is 1. The Kier molecular flexibility index (Phi) is 6.45. The minimum atomic E-state index is -0.486. The van der Waals surface area contributed by atoms with Gasteiger partial charge in [-0.05, 0) is 52.4 Å². The number of esters is 1. The topological polar surface area (TPSA) is 90.6 Å². The first-order valence-corrected chi connectivity index (χ1v) is 10.7. The van der Waals surface area contributed by atoms with Gasteiger partial charge in [0.2, 0.25) is 0 Å². The summed E-state index contributed by atoms with van der Waals surface area (Å²) >= 11 is 0. The second-order valence-electron chi connectivity index (χ2n) is 7.88. The quantitative estimate of drug-likeness (QED) is 0.418. The molecule has 0 heterocycles. The van der Waals surface area contributed by atoms with E-state index in [4.69, 9.17) is 15.2 Å². The van der Waals surface area contributed by atoms with Crippen molar-refractivity contribution in [1.29, 1.82) is 0 Å². The molecule has 0 aromatic heterocycles. The number of fused-ring (bicyclic) bond motifs is 3. The Morgan fingerprint density at radius 1 is 1.03 bits per heavy atom. The Hall–Kier alpha value is -4.06. The standard InChI is InChI=1S/C27H26N2O4/c1-17-23(26(30)32-2)14-18(15-25(17)28)8-7-13-29-27(31)33-16-24-21-11-5-3-9-19(21)20-10-4-6-12-22(20)24/h3-12,14-15,24H,13,16,28H2,1-2H3,(H,29,31). The summed E-state index contributed by atoms with van der Waals surface area (Å²) in [5.41, 5.74) is 13.1. The van der Waals surface area contributed by atoms with Gasteiger partial charge >= 0.3 is 12.1 Å². The molecule has 168 valence electrons. The molecule has 1 aliphatic carbocycles. The van der Waals surface area contributed by atoms with Crippen LogP contribution < -0.4 is 11.1 Å². The number of alkyl carbamates (subject to hydrolysis) is 1. The van der Waals surface area contributed by atoms with Gasteiger partial charge in [-0.3, -0.25) is 0 Å². The first kappa shape index (κ1) is 22.1. The van der Waals surface area contributed by atoms with Crippen LogP contribution in [0.3, 0.4) is 0 Å². The monoisotopic (exact) mass is 442 g/mol. The summed E-state index contributed by atoms with van der Waals surface area (Å²) < 4.78 is 10.3. The molecule has 0 saturated carbocycles. The summed E-state index contributed by atoms with van der Waals surface area (Å²) in [7, 11) is 1.33. The molecule has 4 rings (SSSR count). The van der Waals surface area contributed by atoms with Gasteiger partial charge in [0.25, 0.3) is 0 Å². The predicted octanol–water partition coefficient (Wildman–Crippen LogP) is 4.92. The number of methoxy groups -OCH3 is 1. The maximum Gasteiger partial charge on any atom is 0.407 e. The number of carbonyl (C=O) groups is 2. The molecule has 0 aliphatic heterocycles. The normalized spacial score (nSPS) is 12.3. The average molecular weight is 443 g/mol. The van der Waals surface area contributed by atoms with E-state index in [0.29, 0.717) is 16.8 Å². The fourth-order valence-corrected chi connectivity index (χ4v) is 4.16. The highest BCUT2D eigenvalue weighted by Gasteiger charge is 2.28. The lowest BCUT2D eigenvalue weighted by atomic mass is 9.98. The van der Waals surface area contributed by atoms with Gasteiger partial charge in [-0.1, -0.05) is 60.7 Å². The number of carbonyl (C=O) groups excluding carboxylic acids is 2. The van der Waals surface area contributed by atoms with Gasteiger partial charge in [0, 0.05) is 18.2 Å². The van der Waals surface area contributed by atoms with Crippen LogP contribution in [-0.2, 0) is 9.47 Å². The van der Waals surface area contributed by atoms with Crippen LogP contribution in [0.15, 0.2) is 66.7 Å². The summed E-state index contributed by atoms with van der Waals surface area (Å²) in [5, 5.41) is 2.73. The van der Waals surface area contributed by atoms with E-state index >= 15 is 0 Å². The fraction of sp³-hybridized carbons (Fsp3) is 0.185. The number of hydrogen-bond donors (Lipinski definition) is 2. The Balaban J connectivity index is 1.34. The van der Waals surface area contributed by atoms with Crippen LogP contribution in [0.25, 0.3) is 17.2 Å². The van der Waals surface area contributed by atoms with Crippen molar-refractivity contribution in [2.45, 2.75) is 12.8 Å². The summed E-state index contributed by atoms with van der Waals surface area (Å²) in [6, 6.07) is 19.9.